The van der Waals surface area contributed by atoms with Gasteiger partial charge in [0, 0.05) is 12.2 Å². The maximum Gasteiger partial charge on any atom is 0.404 e. The number of carboxylic acid groups (broad SMARTS) is 1. The Morgan fingerprint density at radius 1 is 1.04 bits per heavy atom. The molecule has 8 nitrogen and oxygen atoms in total. The third kappa shape index (κ3) is 4.95. The first-order valence-electron chi connectivity index (χ1n) is 7.88. The number of benzene rings is 1. The SMILES string of the molecule is NNC(=O)C(=O)Nc1ccc(C2CCC(CNC(=O)O)CC2)cc1. The third-order valence-corrected chi connectivity index (χ3v) is 4.37. The molecule has 0 aliphatic heterocycles. The molecule has 3 amide bonds. The number of rotatable bonds is 4. The summed E-state index contributed by atoms with van der Waals surface area (Å²) in [5.41, 5.74) is 3.49. The summed E-state index contributed by atoms with van der Waals surface area (Å²) in [6.07, 6.45) is 3.01. The molecule has 0 heterocycles. The molecule has 0 spiro atoms. The Hall–Kier alpha value is -2.61. The van der Waals surface area contributed by atoms with Crippen molar-refractivity contribution in [2.24, 2.45) is 11.8 Å². The number of carbonyl (C=O) groups is 3. The van der Waals surface area contributed by atoms with E-state index in [1.54, 1.807) is 17.6 Å². The number of amides is 3. The second kappa shape index (κ2) is 8.30. The number of carbonyl (C=O) groups excluding carboxylic acids is 2. The highest BCUT2D eigenvalue weighted by atomic mass is 16.4. The summed E-state index contributed by atoms with van der Waals surface area (Å²) < 4.78 is 0. The van der Waals surface area contributed by atoms with E-state index >= 15 is 0 Å². The van der Waals surface area contributed by atoms with Gasteiger partial charge in [0.1, 0.15) is 0 Å². The maximum absolute atomic E-state index is 11.4. The predicted molar refractivity (Wildman–Crippen MR) is 88.1 cm³/mol. The van der Waals surface area contributed by atoms with E-state index < -0.39 is 17.9 Å². The van der Waals surface area contributed by atoms with Crippen LogP contribution in [0.15, 0.2) is 24.3 Å². The molecule has 0 radical (unpaired) electrons. The Kier molecular flexibility index (Phi) is 6.14. The van der Waals surface area contributed by atoms with Crippen molar-refractivity contribution in [3.8, 4) is 0 Å². The molecule has 0 unspecified atom stereocenters. The molecule has 1 aliphatic rings. The van der Waals surface area contributed by atoms with Gasteiger partial charge in [0.2, 0.25) is 0 Å². The van der Waals surface area contributed by atoms with E-state index in [0.717, 1.165) is 25.7 Å². The summed E-state index contributed by atoms with van der Waals surface area (Å²) in [5, 5.41) is 13.5. The van der Waals surface area contributed by atoms with Crippen LogP contribution in [0, 0.1) is 5.92 Å². The van der Waals surface area contributed by atoms with Crippen LogP contribution < -0.4 is 21.9 Å². The van der Waals surface area contributed by atoms with Crippen molar-refractivity contribution >= 4 is 23.6 Å². The Morgan fingerprint density at radius 2 is 1.67 bits per heavy atom. The van der Waals surface area contributed by atoms with E-state index in [1.165, 1.54) is 5.56 Å². The van der Waals surface area contributed by atoms with Crippen molar-refractivity contribution in [1.82, 2.24) is 10.7 Å². The van der Waals surface area contributed by atoms with Gasteiger partial charge in [0.25, 0.3) is 0 Å². The lowest BCUT2D eigenvalue weighted by atomic mass is 9.78. The van der Waals surface area contributed by atoms with E-state index in [2.05, 4.69) is 10.6 Å². The van der Waals surface area contributed by atoms with Gasteiger partial charge in [-0.2, -0.15) is 0 Å². The summed E-state index contributed by atoms with van der Waals surface area (Å²) in [4.78, 5) is 33.0. The fourth-order valence-electron chi connectivity index (χ4n) is 3.02. The van der Waals surface area contributed by atoms with Crippen LogP contribution in [0.4, 0.5) is 10.5 Å². The van der Waals surface area contributed by atoms with Gasteiger partial charge in [-0.25, -0.2) is 10.6 Å². The third-order valence-electron chi connectivity index (χ3n) is 4.37. The number of nitrogens with one attached hydrogen (secondary N) is 3. The minimum atomic E-state index is -0.974. The van der Waals surface area contributed by atoms with Crippen molar-refractivity contribution in [3.63, 3.8) is 0 Å². The molecule has 8 heteroatoms. The quantitative estimate of drug-likeness (QED) is 0.244. The molecule has 130 valence electrons. The van der Waals surface area contributed by atoms with E-state index in [4.69, 9.17) is 10.9 Å². The zero-order chi connectivity index (χ0) is 17.5. The molecule has 1 saturated carbocycles. The largest absolute Gasteiger partial charge is 0.465 e. The van der Waals surface area contributed by atoms with Crippen molar-refractivity contribution in [1.29, 1.82) is 0 Å². The standard InChI is InChI=1S/C16H22N4O4/c17-20-15(22)14(21)19-13-7-5-12(6-8-13)11-3-1-10(2-4-11)9-18-16(23)24/h5-8,10-11,18H,1-4,9,17H2,(H,19,21)(H,20,22)(H,23,24). The summed E-state index contributed by atoms with van der Waals surface area (Å²) in [6, 6.07) is 7.40. The second-order valence-electron chi connectivity index (χ2n) is 5.95. The lowest BCUT2D eigenvalue weighted by Crippen LogP contribution is -2.39. The number of anilines is 1. The maximum atomic E-state index is 11.4. The highest BCUT2D eigenvalue weighted by Crippen LogP contribution is 2.35. The average Bonchev–Trinajstić information content (AvgIpc) is 2.60. The smallest absolute Gasteiger partial charge is 0.404 e. The molecule has 0 bridgehead atoms. The second-order valence-corrected chi connectivity index (χ2v) is 5.95. The minimum Gasteiger partial charge on any atom is -0.465 e. The molecular formula is C16H22N4O4. The average molecular weight is 334 g/mol. The molecule has 0 aromatic heterocycles. The predicted octanol–water partition coefficient (Wildman–Crippen LogP) is 1.16. The number of hydrazine groups is 1. The lowest BCUT2D eigenvalue weighted by molar-refractivity contribution is -0.136. The van der Waals surface area contributed by atoms with Crippen molar-refractivity contribution in [2.45, 2.75) is 31.6 Å². The van der Waals surface area contributed by atoms with Crippen LogP contribution in [0.25, 0.3) is 0 Å². The van der Waals surface area contributed by atoms with Crippen LogP contribution in [0.3, 0.4) is 0 Å². The summed E-state index contributed by atoms with van der Waals surface area (Å²) >= 11 is 0. The van der Waals surface area contributed by atoms with E-state index in [0.29, 0.717) is 24.1 Å². The van der Waals surface area contributed by atoms with Crippen molar-refractivity contribution in [3.05, 3.63) is 29.8 Å². The molecule has 24 heavy (non-hydrogen) atoms. The monoisotopic (exact) mass is 334 g/mol. The lowest BCUT2D eigenvalue weighted by Gasteiger charge is -2.28. The Morgan fingerprint density at radius 3 is 2.21 bits per heavy atom. The molecule has 0 atom stereocenters. The Bertz CT molecular complexity index is 595. The fraction of sp³-hybridized carbons (Fsp3) is 0.438. The molecule has 1 aliphatic carbocycles. The van der Waals surface area contributed by atoms with E-state index in [1.807, 2.05) is 12.1 Å². The normalized spacial score (nSPS) is 20.0. The summed E-state index contributed by atoms with van der Waals surface area (Å²) in [6.45, 7) is 0.510. The van der Waals surface area contributed by atoms with E-state index in [9.17, 15) is 14.4 Å². The van der Waals surface area contributed by atoms with Crippen molar-refractivity contribution < 1.29 is 19.5 Å². The molecule has 1 aromatic rings. The van der Waals surface area contributed by atoms with Gasteiger partial charge in [-0.15, -0.1) is 0 Å². The first-order chi connectivity index (χ1) is 11.5. The first kappa shape index (κ1) is 17.7. The first-order valence-corrected chi connectivity index (χ1v) is 7.88. The van der Waals surface area contributed by atoms with Crippen LogP contribution in [-0.2, 0) is 9.59 Å². The van der Waals surface area contributed by atoms with Crippen LogP contribution in [0.2, 0.25) is 0 Å². The van der Waals surface area contributed by atoms with Gasteiger partial charge >= 0.3 is 17.9 Å². The zero-order valence-electron chi connectivity index (χ0n) is 13.2. The van der Waals surface area contributed by atoms with E-state index in [-0.39, 0.29) is 0 Å². The number of hydrogen-bond donors (Lipinski definition) is 5. The van der Waals surface area contributed by atoms with Crippen LogP contribution in [0.1, 0.15) is 37.2 Å². The van der Waals surface area contributed by atoms with Gasteiger partial charge < -0.3 is 15.7 Å². The van der Waals surface area contributed by atoms with Gasteiger partial charge in [-0.05, 0) is 55.2 Å². The molecule has 6 N–H and O–H groups in total. The van der Waals surface area contributed by atoms with Gasteiger partial charge in [-0.1, -0.05) is 12.1 Å². The van der Waals surface area contributed by atoms with Crippen LogP contribution >= 0.6 is 0 Å². The van der Waals surface area contributed by atoms with Crippen LogP contribution in [0.5, 0.6) is 0 Å². The highest BCUT2D eigenvalue weighted by Gasteiger charge is 2.22. The fourth-order valence-corrected chi connectivity index (χ4v) is 3.02. The van der Waals surface area contributed by atoms with Gasteiger partial charge in [-0.3, -0.25) is 15.0 Å². The number of nitrogens with two attached hydrogens (primary N) is 1. The Balaban J connectivity index is 1.85. The van der Waals surface area contributed by atoms with Crippen LogP contribution in [-0.4, -0.2) is 29.6 Å². The topological polar surface area (TPSA) is 134 Å². The van der Waals surface area contributed by atoms with Crippen molar-refractivity contribution in [2.75, 3.05) is 11.9 Å². The molecule has 0 saturated heterocycles. The molecule has 2 rings (SSSR count). The molecular weight excluding hydrogens is 312 g/mol. The van der Waals surface area contributed by atoms with Gasteiger partial charge in [0.05, 0.1) is 0 Å². The number of hydrogen-bond acceptors (Lipinski definition) is 4. The van der Waals surface area contributed by atoms with Gasteiger partial charge in [0.15, 0.2) is 0 Å². The Labute approximate surface area is 139 Å². The summed E-state index contributed by atoms with van der Waals surface area (Å²) in [5.74, 6) is 4.02. The summed E-state index contributed by atoms with van der Waals surface area (Å²) in [7, 11) is 0. The molecule has 1 aromatic carbocycles. The molecule has 1 fully saturated rings. The minimum absolute atomic E-state index is 0.394. The highest BCUT2D eigenvalue weighted by molar-refractivity contribution is 6.39. The zero-order valence-corrected chi connectivity index (χ0v) is 13.2.